The first-order valence-corrected chi connectivity index (χ1v) is 8.79. The first kappa shape index (κ1) is 17.4. The monoisotopic (exact) mass is 536 g/mol. The van der Waals surface area contributed by atoms with Crippen molar-refractivity contribution < 1.29 is 9.53 Å². The van der Waals surface area contributed by atoms with Gasteiger partial charge >= 0.3 is 0 Å². The van der Waals surface area contributed by atoms with Gasteiger partial charge in [0.2, 0.25) is 0 Å². The summed E-state index contributed by atoms with van der Waals surface area (Å²) < 4.78 is 8.07. The van der Waals surface area contributed by atoms with Gasteiger partial charge in [0, 0.05) is 19.2 Å². The summed E-state index contributed by atoms with van der Waals surface area (Å²) in [5.74, 6) is 0.385. The maximum Gasteiger partial charge on any atom is 0.271 e. The van der Waals surface area contributed by atoms with Crippen molar-refractivity contribution in [2.45, 2.75) is 0 Å². The molecule has 0 heterocycles. The fourth-order valence-corrected chi connectivity index (χ4v) is 3.50. The molecule has 2 aromatic rings. The molecule has 0 fully saturated rings. The Morgan fingerprint density at radius 1 is 1.27 bits per heavy atom. The predicted molar refractivity (Wildman–Crippen MR) is 103 cm³/mol. The molecule has 0 bridgehead atoms. The molecule has 4 nitrogen and oxygen atoms in total. The quantitative estimate of drug-likeness (QED) is 0.352. The van der Waals surface area contributed by atoms with Crippen LogP contribution >= 0.6 is 54.5 Å². The zero-order valence-electron chi connectivity index (χ0n) is 11.4. The Bertz CT molecular complexity index is 718. The standard InChI is InChI=1S/C15H11Br2IN2O2/c1-22-14-10(6-11(16)7-13(14)17)8-19-20-15(21)9-2-4-12(18)5-3-9/h2-8H,1H3,(H,20,21). The minimum atomic E-state index is -0.263. The third-order valence-electron chi connectivity index (χ3n) is 2.72. The molecule has 0 unspecified atom stereocenters. The van der Waals surface area contributed by atoms with Crippen LogP contribution in [0.5, 0.6) is 5.75 Å². The molecule has 0 radical (unpaired) electrons. The van der Waals surface area contributed by atoms with E-state index in [1.807, 2.05) is 24.3 Å². The van der Waals surface area contributed by atoms with Crippen LogP contribution in [0, 0.1) is 3.57 Å². The Hall–Kier alpha value is -0.930. The lowest BCUT2D eigenvalue weighted by Gasteiger charge is -2.07. The third kappa shape index (κ3) is 4.53. The van der Waals surface area contributed by atoms with Crippen molar-refractivity contribution in [1.82, 2.24) is 5.43 Å². The Morgan fingerprint density at radius 3 is 2.59 bits per heavy atom. The molecule has 1 amide bonds. The molecule has 0 saturated carbocycles. The van der Waals surface area contributed by atoms with Crippen LogP contribution in [0.1, 0.15) is 15.9 Å². The van der Waals surface area contributed by atoms with E-state index in [4.69, 9.17) is 4.74 Å². The summed E-state index contributed by atoms with van der Waals surface area (Å²) in [6.45, 7) is 0. The van der Waals surface area contributed by atoms with Crippen molar-refractivity contribution in [2.75, 3.05) is 7.11 Å². The molecule has 0 spiro atoms. The van der Waals surface area contributed by atoms with Gasteiger partial charge in [-0.25, -0.2) is 5.43 Å². The van der Waals surface area contributed by atoms with Crippen LogP contribution < -0.4 is 10.2 Å². The average Bonchev–Trinajstić information content (AvgIpc) is 2.47. The van der Waals surface area contributed by atoms with Gasteiger partial charge in [-0.2, -0.15) is 5.10 Å². The van der Waals surface area contributed by atoms with Crippen molar-refractivity contribution in [3.05, 3.63) is 60.0 Å². The number of rotatable bonds is 4. The molecule has 22 heavy (non-hydrogen) atoms. The Balaban J connectivity index is 2.12. The van der Waals surface area contributed by atoms with Gasteiger partial charge in [0.15, 0.2) is 0 Å². The summed E-state index contributed by atoms with van der Waals surface area (Å²) in [6, 6.07) is 11.0. The minimum Gasteiger partial charge on any atom is -0.495 e. The molecule has 2 aromatic carbocycles. The second-order valence-corrected chi connectivity index (χ2v) is 7.23. The number of hydrogen-bond acceptors (Lipinski definition) is 3. The predicted octanol–water partition coefficient (Wildman–Crippen LogP) is 4.59. The van der Waals surface area contributed by atoms with E-state index in [9.17, 15) is 4.79 Å². The first-order valence-electron chi connectivity index (χ1n) is 6.13. The summed E-state index contributed by atoms with van der Waals surface area (Å²) in [5.41, 5.74) is 3.80. The molecule has 0 saturated heterocycles. The highest BCUT2D eigenvalue weighted by Gasteiger charge is 2.08. The third-order valence-corrected chi connectivity index (χ3v) is 4.48. The van der Waals surface area contributed by atoms with E-state index in [0.29, 0.717) is 11.3 Å². The molecule has 7 heteroatoms. The van der Waals surface area contributed by atoms with Crippen molar-refractivity contribution in [2.24, 2.45) is 5.10 Å². The number of hydrogen-bond donors (Lipinski definition) is 1. The fraction of sp³-hybridized carbons (Fsp3) is 0.0667. The van der Waals surface area contributed by atoms with Gasteiger partial charge in [-0.05, 0) is 74.9 Å². The summed E-state index contributed by atoms with van der Waals surface area (Å²) in [7, 11) is 1.58. The minimum absolute atomic E-state index is 0.263. The van der Waals surface area contributed by atoms with E-state index in [0.717, 1.165) is 18.1 Å². The van der Waals surface area contributed by atoms with Gasteiger partial charge in [0.1, 0.15) is 5.75 Å². The maximum atomic E-state index is 12.0. The van der Waals surface area contributed by atoms with Crippen LogP contribution in [-0.2, 0) is 0 Å². The number of nitrogens with one attached hydrogen (secondary N) is 1. The summed E-state index contributed by atoms with van der Waals surface area (Å²) in [5, 5.41) is 3.98. The Morgan fingerprint density at radius 2 is 1.95 bits per heavy atom. The van der Waals surface area contributed by atoms with Gasteiger partial charge in [0.05, 0.1) is 17.8 Å². The SMILES string of the molecule is COc1c(Br)cc(Br)cc1C=NNC(=O)c1ccc(I)cc1. The van der Waals surface area contributed by atoms with Gasteiger partial charge in [-0.15, -0.1) is 0 Å². The molecule has 114 valence electrons. The number of methoxy groups -OCH3 is 1. The molecule has 0 aliphatic heterocycles. The van der Waals surface area contributed by atoms with E-state index in [1.54, 1.807) is 25.5 Å². The molecule has 0 aliphatic carbocycles. The topological polar surface area (TPSA) is 50.7 Å². The highest BCUT2D eigenvalue weighted by atomic mass is 127. The van der Waals surface area contributed by atoms with E-state index in [1.165, 1.54) is 0 Å². The highest BCUT2D eigenvalue weighted by molar-refractivity contribution is 14.1. The molecular weight excluding hydrogens is 527 g/mol. The second-order valence-electron chi connectivity index (χ2n) is 4.22. The largest absolute Gasteiger partial charge is 0.495 e. The van der Waals surface area contributed by atoms with Gasteiger partial charge in [0.25, 0.3) is 5.91 Å². The van der Waals surface area contributed by atoms with Crippen molar-refractivity contribution in [1.29, 1.82) is 0 Å². The first-order chi connectivity index (χ1) is 10.5. The van der Waals surface area contributed by atoms with Crippen LogP contribution in [0.15, 0.2) is 50.4 Å². The molecule has 0 aromatic heterocycles. The van der Waals surface area contributed by atoms with Crippen molar-refractivity contribution >= 4 is 66.6 Å². The van der Waals surface area contributed by atoms with Crippen LogP contribution in [0.4, 0.5) is 0 Å². The zero-order valence-corrected chi connectivity index (χ0v) is 16.8. The molecule has 1 N–H and O–H groups in total. The maximum absolute atomic E-state index is 12.0. The van der Waals surface area contributed by atoms with Crippen LogP contribution in [0.3, 0.4) is 0 Å². The molecular formula is C15H11Br2IN2O2. The van der Waals surface area contributed by atoms with Gasteiger partial charge in [-0.3, -0.25) is 4.79 Å². The Labute approximate surface area is 158 Å². The zero-order chi connectivity index (χ0) is 16.1. The molecule has 0 aliphatic rings. The van der Waals surface area contributed by atoms with Crippen LogP contribution in [0.2, 0.25) is 0 Å². The second kappa shape index (κ2) is 8.07. The number of halogens is 3. The number of carbonyl (C=O) groups excluding carboxylic acids is 1. The fourth-order valence-electron chi connectivity index (χ4n) is 1.72. The van der Waals surface area contributed by atoms with E-state index >= 15 is 0 Å². The van der Waals surface area contributed by atoms with E-state index in [2.05, 4.69) is 65.0 Å². The Kier molecular flexibility index (Phi) is 6.39. The van der Waals surface area contributed by atoms with Gasteiger partial charge < -0.3 is 4.74 Å². The molecule has 2 rings (SSSR count). The lowest BCUT2D eigenvalue weighted by atomic mass is 10.2. The van der Waals surface area contributed by atoms with Crippen molar-refractivity contribution in [3.8, 4) is 5.75 Å². The van der Waals surface area contributed by atoms with Gasteiger partial charge in [-0.1, -0.05) is 15.9 Å². The lowest BCUT2D eigenvalue weighted by Crippen LogP contribution is -2.17. The highest BCUT2D eigenvalue weighted by Crippen LogP contribution is 2.31. The van der Waals surface area contributed by atoms with E-state index in [-0.39, 0.29) is 5.91 Å². The van der Waals surface area contributed by atoms with Crippen LogP contribution in [-0.4, -0.2) is 19.2 Å². The van der Waals surface area contributed by atoms with Crippen molar-refractivity contribution in [3.63, 3.8) is 0 Å². The van der Waals surface area contributed by atoms with E-state index < -0.39 is 0 Å². The molecule has 0 atom stereocenters. The normalized spacial score (nSPS) is 10.7. The summed E-state index contributed by atoms with van der Waals surface area (Å²) >= 11 is 9.01. The lowest BCUT2D eigenvalue weighted by molar-refractivity contribution is 0.0955. The summed E-state index contributed by atoms with van der Waals surface area (Å²) in [4.78, 5) is 12.0. The number of amides is 1. The smallest absolute Gasteiger partial charge is 0.271 e. The number of carbonyl (C=O) groups is 1. The number of nitrogens with zero attached hydrogens (tertiary/aromatic N) is 1. The average molecular weight is 538 g/mol. The number of ether oxygens (including phenoxy) is 1. The van der Waals surface area contributed by atoms with Crippen LogP contribution in [0.25, 0.3) is 0 Å². The number of benzene rings is 2. The summed E-state index contributed by atoms with van der Waals surface area (Å²) in [6.07, 6.45) is 1.54. The number of hydrazone groups is 1.